The molecular weight excluding hydrogens is 406 g/mol. The highest BCUT2D eigenvalue weighted by molar-refractivity contribution is 7.89. The molecule has 2 aliphatic rings. The average Bonchev–Trinajstić information content (AvgIpc) is 2.70. The molecule has 1 amide bonds. The number of hydrogen-bond donors (Lipinski definition) is 1. The maximum absolute atomic E-state index is 12.6. The van der Waals surface area contributed by atoms with Gasteiger partial charge in [0.1, 0.15) is 5.78 Å². The fourth-order valence-electron chi connectivity index (χ4n) is 3.80. The zero-order valence-corrected chi connectivity index (χ0v) is 18.3. The molecule has 1 N–H and O–H groups in total. The highest BCUT2D eigenvalue weighted by Gasteiger charge is 2.30. The van der Waals surface area contributed by atoms with Gasteiger partial charge in [0.25, 0.3) is 0 Å². The molecule has 1 aromatic rings. The lowest BCUT2D eigenvalue weighted by Gasteiger charge is -2.29. The molecule has 0 aromatic heterocycles. The van der Waals surface area contributed by atoms with E-state index in [4.69, 9.17) is 4.74 Å². The number of hydrazone groups is 1. The van der Waals surface area contributed by atoms with E-state index in [0.717, 1.165) is 5.56 Å². The molecule has 0 radical (unpaired) electrons. The van der Waals surface area contributed by atoms with Crippen molar-refractivity contribution in [3.63, 3.8) is 0 Å². The van der Waals surface area contributed by atoms with Crippen molar-refractivity contribution in [3.8, 4) is 0 Å². The standard InChI is InChI=1S/C21H29N3O5S/c1-21(2)14-17(13-18(25)15-21)22-23-20(26)8-5-16-3-6-19(7-4-16)30(27,28)24-9-11-29-12-10-24/h3-4,6-7H,5,8-15H2,1-2H3,(H,23,26)/b22-17-. The van der Waals surface area contributed by atoms with Gasteiger partial charge < -0.3 is 4.74 Å². The Hall–Kier alpha value is -2.10. The van der Waals surface area contributed by atoms with Gasteiger partial charge in [0.15, 0.2) is 0 Å². The lowest BCUT2D eigenvalue weighted by Crippen LogP contribution is -2.40. The van der Waals surface area contributed by atoms with Gasteiger partial charge in [0.2, 0.25) is 15.9 Å². The summed E-state index contributed by atoms with van der Waals surface area (Å²) < 4.78 is 31.9. The van der Waals surface area contributed by atoms with Gasteiger partial charge in [-0.3, -0.25) is 9.59 Å². The van der Waals surface area contributed by atoms with E-state index in [9.17, 15) is 18.0 Å². The molecule has 164 valence electrons. The van der Waals surface area contributed by atoms with E-state index < -0.39 is 10.0 Å². The lowest BCUT2D eigenvalue weighted by atomic mass is 9.76. The number of Topliss-reactive ketones (excluding diaryl/α,β-unsaturated/α-hetero) is 1. The van der Waals surface area contributed by atoms with Crippen LogP contribution in [-0.2, 0) is 30.8 Å². The Balaban J connectivity index is 1.52. The van der Waals surface area contributed by atoms with Crippen LogP contribution in [0.25, 0.3) is 0 Å². The highest BCUT2D eigenvalue weighted by atomic mass is 32.2. The second kappa shape index (κ2) is 9.36. The normalized spacial score (nSPS) is 21.5. The minimum absolute atomic E-state index is 0.123. The Morgan fingerprint density at radius 3 is 2.47 bits per heavy atom. The number of aryl methyl sites for hydroxylation is 1. The number of hydrogen-bond acceptors (Lipinski definition) is 6. The zero-order chi connectivity index (χ0) is 21.8. The number of ether oxygens (including phenoxy) is 1. The van der Waals surface area contributed by atoms with Gasteiger partial charge in [-0.1, -0.05) is 26.0 Å². The molecular formula is C21H29N3O5S. The molecule has 0 atom stereocenters. The smallest absolute Gasteiger partial charge is 0.243 e. The Morgan fingerprint density at radius 1 is 1.17 bits per heavy atom. The Bertz CT molecular complexity index is 916. The molecule has 30 heavy (non-hydrogen) atoms. The number of nitrogens with one attached hydrogen (secondary N) is 1. The second-order valence-electron chi connectivity index (χ2n) is 8.61. The van der Waals surface area contributed by atoms with Crippen LogP contribution in [0.4, 0.5) is 0 Å². The van der Waals surface area contributed by atoms with Crippen molar-refractivity contribution in [2.24, 2.45) is 10.5 Å². The van der Waals surface area contributed by atoms with Crippen LogP contribution in [0.2, 0.25) is 0 Å². The van der Waals surface area contributed by atoms with Gasteiger partial charge in [0.05, 0.1) is 18.1 Å². The summed E-state index contributed by atoms with van der Waals surface area (Å²) in [6, 6.07) is 6.62. The molecule has 2 fully saturated rings. The maximum atomic E-state index is 12.6. The third kappa shape index (κ3) is 5.96. The molecule has 1 aromatic carbocycles. The van der Waals surface area contributed by atoms with E-state index in [-0.39, 0.29) is 28.4 Å². The summed E-state index contributed by atoms with van der Waals surface area (Å²) in [5.41, 5.74) is 4.00. The molecule has 1 saturated carbocycles. The summed E-state index contributed by atoms with van der Waals surface area (Å²) in [5.74, 6) is -0.0882. The van der Waals surface area contributed by atoms with Crippen LogP contribution in [0.1, 0.15) is 45.1 Å². The summed E-state index contributed by atoms with van der Waals surface area (Å²) in [6.45, 7) is 5.56. The highest BCUT2D eigenvalue weighted by Crippen LogP contribution is 2.31. The monoisotopic (exact) mass is 435 g/mol. The molecule has 0 unspecified atom stereocenters. The molecule has 9 heteroatoms. The predicted molar refractivity (Wildman–Crippen MR) is 113 cm³/mol. The molecule has 1 saturated heterocycles. The van der Waals surface area contributed by atoms with Crippen LogP contribution in [-0.4, -0.2) is 56.4 Å². The van der Waals surface area contributed by atoms with Crippen molar-refractivity contribution in [1.82, 2.24) is 9.73 Å². The Labute approximate surface area is 177 Å². The van der Waals surface area contributed by atoms with Crippen molar-refractivity contribution in [2.75, 3.05) is 26.3 Å². The van der Waals surface area contributed by atoms with E-state index >= 15 is 0 Å². The molecule has 1 aliphatic carbocycles. The SMILES string of the molecule is CC1(C)CC(=O)C/C(=N/NC(=O)CCc2ccc(S(=O)(=O)N3CCOCC3)cc2)C1. The molecule has 8 nitrogen and oxygen atoms in total. The molecule has 1 aliphatic heterocycles. The second-order valence-corrected chi connectivity index (χ2v) is 10.5. The molecule has 3 rings (SSSR count). The first kappa shape index (κ1) is 22.6. The van der Waals surface area contributed by atoms with Crippen LogP contribution in [0.3, 0.4) is 0 Å². The molecule has 0 bridgehead atoms. The number of nitrogens with zero attached hydrogens (tertiary/aromatic N) is 2. The van der Waals surface area contributed by atoms with Crippen LogP contribution >= 0.6 is 0 Å². The van der Waals surface area contributed by atoms with Gasteiger partial charge in [-0.05, 0) is 36.0 Å². The van der Waals surface area contributed by atoms with Crippen molar-refractivity contribution in [1.29, 1.82) is 0 Å². The van der Waals surface area contributed by atoms with Crippen LogP contribution < -0.4 is 5.43 Å². The first-order valence-corrected chi connectivity index (χ1v) is 11.6. The van der Waals surface area contributed by atoms with Crippen molar-refractivity contribution in [3.05, 3.63) is 29.8 Å². The van der Waals surface area contributed by atoms with E-state index in [1.807, 2.05) is 13.8 Å². The van der Waals surface area contributed by atoms with Crippen molar-refractivity contribution < 1.29 is 22.7 Å². The van der Waals surface area contributed by atoms with E-state index in [2.05, 4.69) is 10.5 Å². The van der Waals surface area contributed by atoms with E-state index in [0.29, 0.717) is 57.7 Å². The van der Waals surface area contributed by atoms with Crippen LogP contribution in [0.5, 0.6) is 0 Å². The summed E-state index contributed by atoms with van der Waals surface area (Å²) in [7, 11) is -3.52. The van der Waals surface area contributed by atoms with Gasteiger partial charge in [-0.2, -0.15) is 9.41 Å². The minimum Gasteiger partial charge on any atom is -0.379 e. The van der Waals surface area contributed by atoms with Gasteiger partial charge >= 0.3 is 0 Å². The lowest BCUT2D eigenvalue weighted by molar-refractivity contribution is -0.122. The average molecular weight is 436 g/mol. The van der Waals surface area contributed by atoms with Gasteiger partial charge in [-0.25, -0.2) is 13.8 Å². The molecule has 1 heterocycles. The van der Waals surface area contributed by atoms with E-state index in [1.165, 1.54) is 4.31 Å². The first-order chi connectivity index (χ1) is 14.2. The fourth-order valence-corrected chi connectivity index (χ4v) is 5.21. The number of morpholine rings is 1. The van der Waals surface area contributed by atoms with Crippen LogP contribution in [0, 0.1) is 5.41 Å². The van der Waals surface area contributed by atoms with Crippen molar-refractivity contribution >= 4 is 27.4 Å². The number of carbonyl (C=O) groups is 2. The largest absolute Gasteiger partial charge is 0.379 e. The Kier molecular flexibility index (Phi) is 7.05. The number of benzene rings is 1. The number of ketones is 1. The van der Waals surface area contributed by atoms with Gasteiger partial charge in [0, 0.05) is 38.1 Å². The van der Waals surface area contributed by atoms with E-state index in [1.54, 1.807) is 24.3 Å². The third-order valence-electron chi connectivity index (χ3n) is 5.27. The minimum atomic E-state index is -3.52. The third-order valence-corrected chi connectivity index (χ3v) is 7.18. The maximum Gasteiger partial charge on any atom is 0.243 e. The fraction of sp³-hybridized carbons (Fsp3) is 0.571. The molecule has 0 spiro atoms. The number of amides is 1. The topological polar surface area (TPSA) is 105 Å². The first-order valence-electron chi connectivity index (χ1n) is 10.2. The Morgan fingerprint density at radius 2 is 1.83 bits per heavy atom. The summed E-state index contributed by atoms with van der Waals surface area (Å²) >= 11 is 0. The zero-order valence-electron chi connectivity index (χ0n) is 17.5. The number of rotatable bonds is 6. The van der Waals surface area contributed by atoms with Crippen LogP contribution in [0.15, 0.2) is 34.3 Å². The number of sulfonamides is 1. The van der Waals surface area contributed by atoms with Crippen molar-refractivity contribution in [2.45, 2.75) is 50.8 Å². The van der Waals surface area contributed by atoms with Gasteiger partial charge in [-0.15, -0.1) is 0 Å². The summed E-state index contributed by atoms with van der Waals surface area (Å²) in [6.07, 6.45) is 2.22. The summed E-state index contributed by atoms with van der Waals surface area (Å²) in [5, 5.41) is 4.14. The quantitative estimate of drug-likeness (QED) is 0.687. The number of carbonyl (C=O) groups excluding carboxylic acids is 2. The predicted octanol–water partition coefficient (Wildman–Crippen LogP) is 1.89. The summed E-state index contributed by atoms with van der Waals surface area (Å²) in [4.78, 5) is 24.2.